The quantitative estimate of drug-likeness (QED) is 0.785. The van der Waals surface area contributed by atoms with E-state index in [9.17, 15) is 5.11 Å². The van der Waals surface area contributed by atoms with Crippen LogP contribution in [0, 0.1) is 0 Å². The van der Waals surface area contributed by atoms with Gasteiger partial charge in [-0.05, 0) is 24.3 Å². The Bertz CT molecular complexity index is 388. The maximum atomic E-state index is 9.43. The summed E-state index contributed by atoms with van der Waals surface area (Å²) in [4.78, 5) is 9.51. The van der Waals surface area contributed by atoms with Crippen LogP contribution >= 0.6 is 11.6 Å². The molecule has 1 aliphatic rings. The highest BCUT2D eigenvalue weighted by Gasteiger charge is 2.10. The third-order valence-electron chi connectivity index (χ3n) is 2.03. The van der Waals surface area contributed by atoms with Gasteiger partial charge >= 0.3 is 0 Å². The number of aliphatic hydroxyl groups is 1. The number of aliphatic hydroxyl groups excluding tert-OH is 1. The molecule has 1 aliphatic heterocycles. The predicted molar refractivity (Wildman–Crippen MR) is 61.8 cm³/mol. The summed E-state index contributed by atoms with van der Waals surface area (Å²) in [7, 11) is 0. The van der Waals surface area contributed by atoms with Crippen molar-refractivity contribution < 1.29 is 5.11 Å². The molecule has 5 heteroatoms. The summed E-state index contributed by atoms with van der Waals surface area (Å²) in [6.45, 7) is 0.391. The van der Waals surface area contributed by atoms with E-state index in [2.05, 4.69) is 9.98 Å². The van der Waals surface area contributed by atoms with Crippen LogP contribution < -0.4 is 4.90 Å². The van der Waals surface area contributed by atoms with Crippen molar-refractivity contribution in [1.29, 1.82) is 0 Å². The Morgan fingerprint density at radius 1 is 1.33 bits per heavy atom. The highest BCUT2D eigenvalue weighted by Crippen LogP contribution is 2.17. The highest BCUT2D eigenvalue weighted by atomic mass is 35.5. The maximum Gasteiger partial charge on any atom is 0.164 e. The second-order valence-electron chi connectivity index (χ2n) is 3.14. The predicted octanol–water partition coefficient (Wildman–Crippen LogP) is 1.54. The summed E-state index contributed by atoms with van der Waals surface area (Å²) in [6, 6.07) is 7.32. The Morgan fingerprint density at radius 2 is 2.07 bits per heavy atom. The fourth-order valence-electron chi connectivity index (χ4n) is 1.30. The van der Waals surface area contributed by atoms with Crippen LogP contribution in [0.15, 0.2) is 34.3 Å². The number of anilines is 1. The van der Waals surface area contributed by atoms with Gasteiger partial charge in [-0.2, -0.15) is 0 Å². The van der Waals surface area contributed by atoms with Crippen LogP contribution in [-0.2, 0) is 0 Å². The topological polar surface area (TPSA) is 48.2 Å². The minimum Gasteiger partial charge on any atom is -0.370 e. The highest BCUT2D eigenvalue weighted by molar-refractivity contribution is 6.30. The molecular formula is C10H10ClN3O. The standard InChI is InChI=1S/C10H10ClN3O/c11-8-1-3-9(4-2-8)14-5-10(15)13-6-12-7-14/h1-4,6-7,10,15H,5H2. The van der Waals surface area contributed by atoms with Crippen LogP contribution in [0.2, 0.25) is 5.02 Å². The molecule has 1 atom stereocenters. The van der Waals surface area contributed by atoms with Crippen LogP contribution in [0.5, 0.6) is 0 Å². The molecule has 0 bridgehead atoms. The lowest BCUT2D eigenvalue weighted by Gasteiger charge is -2.19. The molecule has 15 heavy (non-hydrogen) atoms. The summed E-state index contributed by atoms with van der Waals surface area (Å²) in [5.41, 5.74) is 0.924. The summed E-state index contributed by atoms with van der Waals surface area (Å²) in [6.07, 6.45) is 2.23. The first-order chi connectivity index (χ1) is 7.25. The fourth-order valence-corrected chi connectivity index (χ4v) is 1.43. The first-order valence-electron chi connectivity index (χ1n) is 4.51. The molecule has 0 aromatic heterocycles. The first-order valence-corrected chi connectivity index (χ1v) is 4.89. The van der Waals surface area contributed by atoms with Crippen molar-refractivity contribution in [1.82, 2.24) is 0 Å². The lowest BCUT2D eigenvalue weighted by atomic mass is 10.3. The molecule has 4 nitrogen and oxygen atoms in total. The van der Waals surface area contributed by atoms with Crippen molar-refractivity contribution in [3.05, 3.63) is 29.3 Å². The van der Waals surface area contributed by atoms with Gasteiger partial charge in [-0.25, -0.2) is 9.98 Å². The average molecular weight is 224 g/mol. The van der Waals surface area contributed by atoms with Crippen molar-refractivity contribution in [3.8, 4) is 0 Å². The number of hydrogen-bond acceptors (Lipinski definition) is 4. The van der Waals surface area contributed by atoms with E-state index in [-0.39, 0.29) is 0 Å². The molecule has 1 unspecified atom stereocenters. The van der Waals surface area contributed by atoms with E-state index >= 15 is 0 Å². The minimum atomic E-state index is -0.747. The van der Waals surface area contributed by atoms with Gasteiger partial charge in [0.2, 0.25) is 0 Å². The maximum absolute atomic E-state index is 9.43. The van der Waals surface area contributed by atoms with Crippen molar-refractivity contribution in [2.75, 3.05) is 11.4 Å². The average Bonchev–Trinajstić information content (AvgIpc) is 2.44. The molecule has 0 saturated heterocycles. The molecular weight excluding hydrogens is 214 g/mol. The smallest absolute Gasteiger partial charge is 0.164 e. The van der Waals surface area contributed by atoms with Gasteiger partial charge in [0, 0.05) is 10.7 Å². The first kappa shape index (κ1) is 10.1. The third kappa shape index (κ3) is 2.55. The SMILES string of the molecule is OC1CN(c2ccc(Cl)cc2)C=NC=N1. The normalized spacial score (nSPS) is 20.4. The molecule has 0 amide bonds. The van der Waals surface area contributed by atoms with E-state index in [0.29, 0.717) is 11.6 Å². The van der Waals surface area contributed by atoms with Crippen molar-refractivity contribution in [2.24, 2.45) is 9.98 Å². The second-order valence-corrected chi connectivity index (χ2v) is 3.57. The zero-order valence-electron chi connectivity index (χ0n) is 7.92. The summed E-state index contributed by atoms with van der Waals surface area (Å²) >= 11 is 5.79. The van der Waals surface area contributed by atoms with E-state index in [1.54, 1.807) is 18.5 Å². The van der Waals surface area contributed by atoms with Crippen LogP contribution in [0.3, 0.4) is 0 Å². The fraction of sp³-hybridized carbons (Fsp3) is 0.200. The molecule has 1 heterocycles. The number of aliphatic imine (C=N–C) groups is 2. The minimum absolute atomic E-state index is 0.391. The Hall–Kier alpha value is -1.39. The van der Waals surface area contributed by atoms with Crippen molar-refractivity contribution >= 4 is 30.0 Å². The second kappa shape index (κ2) is 4.42. The Kier molecular flexibility index (Phi) is 2.99. The molecule has 1 aromatic rings. The van der Waals surface area contributed by atoms with Gasteiger partial charge < -0.3 is 10.0 Å². The molecule has 0 radical (unpaired) electrons. The largest absolute Gasteiger partial charge is 0.370 e. The van der Waals surface area contributed by atoms with Crippen LogP contribution in [0.4, 0.5) is 5.69 Å². The molecule has 0 saturated carbocycles. The van der Waals surface area contributed by atoms with E-state index < -0.39 is 6.23 Å². The van der Waals surface area contributed by atoms with Gasteiger partial charge in [-0.15, -0.1) is 0 Å². The van der Waals surface area contributed by atoms with Gasteiger partial charge in [-0.3, -0.25) is 0 Å². The molecule has 0 spiro atoms. The summed E-state index contributed by atoms with van der Waals surface area (Å²) < 4.78 is 0. The molecule has 78 valence electrons. The van der Waals surface area contributed by atoms with Gasteiger partial charge in [0.15, 0.2) is 6.23 Å². The van der Waals surface area contributed by atoms with Crippen molar-refractivity contribution in [3.63, 3.8) is 0 Å². The van der Waals surface area contributed by atoms with E-state index in [1.807, 2.05) is 17.0 Å². The number of hydrogen-bond donors (Lipinski definition) is 1. The number of nitrogens with zero attached hydrogens (tertiary/aromatic N) is 3. The molecule has 0 fully saturated rings. The lowest BCUT2D eigenvalue weighted by Crippen LogP contribution is -2.29. The van der Waals surface area contributed by atoms with Crippen LogP contribution in [0.1, 0.15) is 0 Å². The Morgan fingerprint density at radius 3 is 2.80 bits per heavy atom. The number of rotatable bonds is 1. The monoisotopic (exact) mass is 223 g/mol. The van der Waals surface area contributed by atoms with Gasteiger partial charge in [0.25, 0.3) is 0 Å². The van der Waals surface area contributed by atoms with Gasteiger partial charge in [0.1, 0.15) is 6.34 Å². The third-order valence-corrected chi connectivity index (χ3v) is 2.28. The number of β-amino-alcohol motifs (C(OH)–C–C–N with tert-alkyl or cyclic N) is 1. The number of benzene rings is 1. The zero-order valence-corrected chi connectivity index (χ0v) is 8.67. The zero-order chi connectivity index (χ0) is 10.7. The Balaban J connectivity index is 2.20. The summed E-state index contributed by atoms with van der Waals surface area (Å²) in [5.74, 6) is 0. The van der Waals surface area contributed by atoms with E-state index in [1.165, 1.54) is 6.34 Å². The molecule has 2 rings (SSSR count). The van der Waals surface area contributed by atoms with Gasteiger partial charge in [-0.1, -0.05) is 11.6 Å². The van der Waals surface area contributed by atoms with Gasteiger partial charge in [0.05, 0.1) is 12.9 Å². The van der Waals surface area contributed by atoms with E-state index in [0.717, 1.165) is 5.69 Å². The molecule has 0 aliphatic carbocycles. The Labute approximate surface area is 92.5 Å². The lowest BCUT2D eigenvalue weighted by molar-refractivity contribution is 0.195. The van der Waals surface area contributed by atoms with Crippen LogP contribution in [-0.4, -0.2) is 30.6 Å². The van der Waals surface area contributed by atoms with Crippen molar-refractivity contribution in [2.45, 2.75) is 6.23 Å². The van der Waals surface area contributed by atoms with Crippen LogP contribution in [0.25, 0.3) is 0 Å². The molecule has 1 aromatic carbocycles. The number of halogens is 1. The summed E-state index contributed by atoms with van der Waals surface area (Å²) in [5, 5.41) is 10.1. The molecule has 1 N–H and O–H groups in total. The van der Waals surface area contributed by atoms with E-state index in [4.69, 9.17) is 11.6 Å².